The zero-order valence-corrected chi connectivity index (χ0v) is 7.28. The van der Waals surface area contributed by atoms with E-state index >= 15 is 0 Å². The normalized spacial score (nSPS) is 10.7. The molecule has 0 aliphatic heterocycles. The van der Waals surface area contributed by atoms with Gasteiger partial charge in [-0.05, 0) is 6.07 Å². The van der Waals surface area contributed by atoms with Crippen molar-refractivity contribution in [3.63, 3.8) is 0 Å². The summed E-state index contributed by atoms with van der Waals surface area (Å²) in [6, 6.07) is 2.31. The number of hydrogen-bond donors (Lipinski definition) is 0. The van der Waals surface area contributed by atoms with E-state index in [0.29, 0.717) is 11.8 Å². The number of halogens is 1. The Bertz CT molecular complexity index is 567. The summed E-state index contributed by atoms with van der Waals surface area (Å²) in [5, 5.41) is 0. The van der Waals surface area contributed by atoms with Gasteiger partial charge in [-0.25, -0.2) is 9.18 Å². The highest BCUT2D eigenvalue weighted by Crippen LogP contribution is 2.16. The van der Waals surface area contributed by atoms with E-state index in [1.54, 1.807) is 0 Å². The third-order valence-corrected chi connectivity index (χ3v) is 2.04. The summed E-state index contributed by atoms with van der Waals surface area (Å²) in [4.78, 5) is 21.4. The number of carbonyl (C=O) groups excluding carboxylic acids is 1. The topological polar surface area (TPSA) is 52.2 Å². The van der Waals surface area contributed by atoms with Crippen LogP contribution in [0.25, 0.3) is 11.1 Å². The van der Waals surface area contributed by atoms with Crippen LogP contribution in [0.4, 0.5) is 4.39 Å². The number of aromatic nitrogens is 1. The quantitative estimate of drug-likeness (QED) is 0.640. The van der Waals surface area contributed by atoms with E-state index in [1.807, 2.05) is 0 Å². The first kappa shape index (κ1) is 8.68. The molecule has 2 aromatic rings. The molecule has 0 radical (unpaired) electrons. The van der Waals surface area contributed by atoms with Crippen molar-refractivity contribution >= 4 is 17.4 Å². The van der Waals surface area contributed by atoms with E-state index in [2.05, 4.69) is 0 Å². The molecule has 0 fully saturated rings. The average molecular weight is 195 g/mol. The molecule has 0 saturated carbocycles. The molecule has 0 atom stereocenters. The molecule has 0 bridgehead atoms. The second kappa shape index (κ2) is 2.80. The summed E-state index contributed by atoms with van der Waals surface area (Å²) in [6.07, 6.45) is 0.377. The fourth-order valence-corrected chi connectivity index (χ4v) is 1.25. The van der Waals surface area contributed by atoms with Crippen molar-refractivity contribution in [1.82, 2.24) is 4.57 Å². The van der Waals surface area contributed by atoms with Gasteiger partial charge in [0.05, 0.1) is 11.1 Å². The van der Waals surface area contributed by atoms with Crippen LogP contribution >= 0.6 is 0 Å². The Morgan fingerprint density at radius 2 is 2.21 bits per heavy atom. The molecule has 0 unspecified atom stereocenters. The summed E-state index contributed by atoms with van der Waals surface area (Å²) >= 11 is 0. The number of oxazole rings is 1. The van der Waals surface area contributed by atoms with Gasteiger partial charge in [0.2, 0.25) is 0 Å². The van der Waals surface area contributed by atoms with E-state index in [-0.39, 0.29) is 11.1 Å². The van der Waals surface area contributed by atoms with Crippen LogP contribution in [0.5, 0.6) is 0 Å². The van der Waals surface area contributed by atoms with Crippen LogP contribution in [0.15, 0.2) is 21.3 Å². The minimum absolute atomic E-state index is 0.119. The van der Waals surface area contributed by atoms with Gasteiger partial charge in [-0.3, -0.25) is 9.36 Å². The SMILES string of the molecule is Cn1c(=O)oc2cc(C=O)c(F)cc21. The molecule has 14 heavy (non-hydrogen) atoms. The maximum Gasteiger partial charge on any atom is 0.419 e. The van der Waals surface area contributed by atoms with Crippen molar-refractivity contribution in [1.29, 1.82) is 0 Å². The van der Waals surface area contributed by atoms with Gasteiger partial charge >= 0.3 is 5.76 Å². The van der Waals surface area contributed by atoms with Crippen LogP contribution in [0.1, 0.15) is 10.4 Å². The van der Waals surface area contributed by atoms with Crippen molar-refractivity contribution in [2.24, 2.45) is 7.05 Å². The fraction of sp³-hybridized carbons (Fsp3) is 0.111. The Morgan fingerprint density at radius 1 is 1.50 bits per heavy atom. The Labute approximate surface area is 77.6 Å². The maximum absolute atomic E-state index is 13.1. The average Bonchev–Trinajstić information content (AvgIpc) is 2.43. The van der Waals surface area contributed by atoms with Gasteiger partial charge < -0.3 is 4.42 Å². The zero-order chi connectivity index (χ0) is 10.3. The first-order valence-corrected chi connectivity index (χ1v) is 3.87. The van der Waals surface area contributed by atoms with Gasteiger partial charge in [-0.15, -0.1) is 0 Å². The standard InChI is InChI=1S/C9H6FNO3/c1-11-7-3-6(10)5(4-12)2-8(7)14-9(11)13/h2-4H,1H3. The molecule has 72 valence electrons. The number of benzene rings is 1. The van der Waals surface area contributed by atoms with Crippen LogP contribution in [0, 0.1) is 5.82 Å². The molecule has 5 heteroatoms. The number of carbonyl (C=O) groups is 1. The first-order chi connectivity index (χ1) is 6.63. The fourth-order valence-electron chi connectivity index (χ4n) is 1.25. The molecule has 2 rings (SSSR count). The van der Waals surface area contributed by atoms with E-state index in [1.165, 1.54) is 17.7 Å². The third-order valence-electron chi connectivity index (χ3n) is 2.04. The lowest BCUT2D eigenvalue weighted by Gasteiger charge is -1.94. The number of aldehydes is 1. The van der Waals surface area contributed by atoms with Gasteiger partial charge in [0.25, 0.3) is 0 Å². The molecule has 0 aliphatic carbocycles. The third kappa shape index (κ3) is 1.06. The lowest BCUT2D eigenvalue weighted by Crippen LogP contribution is -2.08. The number of fused-ring (bicyclic) bond motifs is 1. The Hall–Kier alpha value is -1.91. The molecular formula is C9H6FNO3. The highest BCUT2D eigenvalue weighted by atomic mass is 19.1. The number of hydrogen-bond acceptors (Lipinski definition) is 3. The van der Waals surface area contributed by atoms with E-state index in [4.69, 9.17) is 4.42 Å². The van der Waals surface area contributed by atoms with Crippen LogP contribution in [-0.2, 0) is 7.05 Å². The summed E-state index contributed by atoms with van der Waals surface area (Å²) in [7, 11) is 1.47. The van der Waals surface area contributed by atoms with E-state index in [9.17, 15) is 14.0 Å². The molecule has 0 N–H and O–H groups in total. The smallest absolute Gasteiger partial charge is 0.408 e. The van der Waals surface area contributed by atoms with Crippen LogP contribution in [0.3, 0.4) is 0 Å². The van der Waals surface area contributed by atoms with Gasteiger partial charge in [0.15, 0.2) is 11.9 Å². The molecule has 4 nitrogen and oxygen atoms in total. The Morgan fingerprint density at radius 3 is 2.86 bits per heavy atom. The molecule has 0 spiro atoms. The van der Waals surface area contributed by atoms with Crippen molar-refractivity contribution < 1.29 is 13.6 Å². The highest BCUT2D eigenvalue weighted by molar-refractivity contribution is 5.84. The highest BCUT2D eigenvalue weighted by Gasteiger charge is 2.10. The molecule has 1 heterocycles. The second-order valence-corrected chi connectivity index (χ2v) is 2.89. The molecule has 0 amide bonds. The van der Waals surface area contributed by atoms with Crippen molar-refractivity contribution in [2.45, 2.75) is 0 Å². The lowest BCUT2D eigenvalue weighted by atomic mass is 10.2. The van der Waals surface area contributed by atoms with Gasteiger partial charge in [0, 0.05) is 13.1 Å². The molecule has 1 aromatic heterocycles. The van der Waals surface area contributed by atoms with Crippen LogP contribution < -0.4 is 5.76 Å². The minimum atomic E-state index is -0.663. The second-order valence-electron chi connectivity index (χ2n) is 2.89. The molecule has 0 aliphatic rings. The van der Waals surface area contributed by atoms with Crippen LogP contribution in [-0.4, -0.2) is 10.9 Å². The minimum Gasteiger partial charge on any atom is -0.408 e. The summed E-state index contributed by atoms with van der Waals surface area (Å²) in [6.45, 7) is 0. The van der Waals surface area contributed by atoms with Crippen molar-refractivity contribution in [3.8, 4) is 0 Å². The predicted molar refractivity (Wildman–Crippen MR) is 46.8 cm³/mol. The predicted octanol–water partition coefficient (Wildman–Crippen LogP) is 1.08. The summed E-state index contributed by atoms with van der Waals surface area (Å²) in [5.74, 6) is -1.24. The summed E-state index contributed by atoms with van der Waals surface area (Å²) < 4.78 is 19.1. The lowest BCUT2D eigenvalue weighted by molar-refractivity contribution is 0.112. The number of aryl methyl sites for hydroxylation is 1. The van der Waals surface area contributed by atoms with Crippen molar-refractivity contribution in [2.75, 3.05) is 0 Å². The Kier molecular flexibility index (Phi) is 1.73. The monoisotopic (exact) mass is 195 g/mol. The molecule has 0 saturated heterocycles. The largest absolute Gasteiger partial charge is 0.419 e. The number of nitrogens with zero attached hydrogens (tertiary/aromatic N) is 1. The van der Waals surface area contributed by atoms with Crippen LogP contribution in [0.2, 0.25) is 0 Å². The Balaban J connectivity index is 2.92. The van der Waals surface area contributed by atoms with Gasteiger partial charge in [-0.1, -0.05) is 0 Å². The molecular weight excluding hydrogens is 189 g/mol. The van der Waals surface area contributed by atoms with Crippen molar-refractivity contribution in [3.05, 3.63) is 34.1 Å². The van der Waals surface area contributed by atoms with Gasteiger partial charge in [0.1, 0.15) is 5.82 Å². The molecule has 1 aromatic carbocycles. The van der Waals surface area contributed by atoms with E-state index in [0.717, 1.165) is 6.07 Å². The summed E-state index contributed by atoms with van der Waals surface area (Å²) in [5.41, 5.74) is 0.422. The van der Waals surface area contributed by atoms with Gasteiger partial charge in [-0.2, -0.15) is 0 Å². The van der Waals surface area contributed by atoms with E-state index < -0.39 is 11.6 Å². The number of rotatable bonds is 1. The maximum atomic E-state index is 13.1. The zero-order valence-electron chi connectivity index (χ0n) is 7.28. The first-order valence-electron chi connectivity index (χ1n) is 3.87.